The maximum absolute atomic E-state index is 12.8. The standard InChI is InChI=1S/C24H22N2O2/c1-4-28-20-11-12-22-17(15-20)7-9-19(26(22)3)10-8-18-14-16(2)21-6-5-13-25-23(21)24(18)27/h5-15H,4H2,1-3H3/b18-8+,19-10+. The number of carbonyl (C=O) groups excluding carboxylic acids is 1. The van der Waals surface area contributed by atoms with Crippen LogP contribution in [0.2, 0.25) is 0 Å². The summed E-state index contributed by atoms with van der Waals surface area (Å²) in [6.07, 6.45) is 11.6. The van der Waals surface area contributed by atoms with Gasteiger partial charge >= 0.3 is 0 Å². The first kappa shape index (κ1) is 18.0. The first-order valence-electron chi connectivity index (χ1n) is 9.37. The van der Waals surface area contributed by atoms with Crippen molar-refractivity contribution in [2.75, 3.05) is 18.6 Å². The number of likely N-dealkylation sites (N-methyl/N-ethyl adjacent to an activating group) is 1. The number of allylic oxidation sites excluding steroid dienone is 6. The summed E-state index contributed by atoms with van der Waals surface area (Å²) >= 11 is 0. The topological polar surface area (TPSA) is 42.4 Å². The zero-order valence-electron chi connectivity index (χ0n) is 16.3. The molecule has 0 saturated heterocycles. The average molecular weight is 370 g/mol. The van der Waals surface area contributed by atoms with Crippen LogP contribution in [0.3, 0.4) is 0 Å². The number of anilines is 1. The van der Waals surface area contributed by atoms with E-state index >= 15 is 0 Å². The Balaban J connectivity index is 1.65. The Bertz CT molecular complexity index is 1070. The van der Waals surface area contributed by atoms with Crippen molar-refractivity contribution >= 4 is 23.1 Å². The molecule has 0 atom stereocenters. The maximum Gasteiger partial charge on any atom is 0.211 e. The normalized spacial score (nSPS) is 18.2. The van der Waals surface area contributed by atoms with E-state index in [1.54, 1.807) is 6.20 Å². The van der Waals surface area contributed by atoms with Gasteiger partial charge in [-0.1, -0.05) is 12.1 Å². The van der Waals surface area contributed by atoms with Gasteiger partial charge in [-0.15, -0.1) is 0 Å². The van der Waals surface area contributed by atoms with Gasteiger partial charge in [0, 0.05) is 41.3 Å². The highest BCUT2D eigenvalue weighted by Gasteiger charge is 2.22. The number of hydrogen-bond acceptors (Lipinski definition) is 4. The second kappa shape index (κ2) is 7.31. The van der Waals surface area contributed by atoms with E-state index in [-0.39, 0.29) is 5.78 Å². The molecule has 4 heteroatoms. The lowest BCUT2D eigenvalue weighted by atomic mass is 9.91. The summed E-state index contributed by atoms with van der Waals surface area (Å²) in [7, 11) is 2.02. The molecule has 0 radical (unpaired) electrons. The second-order valence-electron chi connectivity index (χ2n) is 6.82. The average Bonchev–Trinajstić information content (AvgIpc) is 2.71. The van der Waals surface area contributed by atoms with Crippen LogP contribution in [-0.4, -0.2) is 24.4 Å². The number of pyridine rings is 1. The minimum Gasteiger partial charge on any atom is -0.494 e. The Morgan fingerprint density at radius 3 is 2.86 bits per heavy atom. The van der Waals surface area contributed by atoms with Crippen LogP contribution in [0.25, 0.3) is 11.6 Å². The number of Topliss-reactive ketones (excluding diaryl/α,β-unsaturated/α-hetero) is 1. The van der Waals surface area contributed by atoms with Gasteiger partial charge in [-0.25, -0.2) is 0 Å². The predicted molar refractivity (Wildman–Crippen MR) is 113 cm³/mol. The number of aromatic nitrogens is 1. The van der Waals surface area contributed by atoms with Crippen LogP contribution in [0.1, 0.15) is 35.5 Å². The summed E-state index contributed by atoms with van der Waals surface area (Å²) in [6.45, 7) is 4.63. The van der Waals surface area contributed by atoms with E-state index in [1.165, 1.54) is 0 Å². The molecule has 0 unspecified atom stereocenters. The third-order valence-electron chi connectivity index (χ3n) is 5.01. The zero-order chi connectivity index (χ0) is 19.7. The Morgan fingerprint density at radius 2 is 2.04 bits per heavy atom. The molecule has 1 aromatic carbocycles. The van der Waals surface area contributed by atoms with Crippen molar-refractivity contribution in [3.63, 3.8) is 0 Å². The van der Waals surface area contributed by atoms with Crippen molar-refractivity contribution in [1.29, 1.82) is 0 Å². The fourth-order valence-electron chi connectivity index (χ4n) is 3.54. The van der Waals surface area contributed by atoms with Gasteiger partial charge in [-0.05, 0) is 68.0 Å². The fourth-order valence-corrected chi connectivity index (χ4v) is 3.54. The molecular weight excluding hydrogens is 348 g/mol. The molecule has 0 fully saturated rings. The molecule has 0 bridgehead atoms. The summed E-state index contributed by atoms with van der Waals surface area (Å²) in [6, 6.07) is 9.87. The Morgan fingerprint density at radius 1 is 1.18 bits per heavy atom. The summed E-state index contributed by atoms with van der Waals surface area (Å²) in [5.74, 6) is 0.829. The maximum atomic E-state index is 12.8. The molecule has 2 heterocycles. The van der Waals surface area contributed by atoms with Gasteiger partial charge in [-0.3, -0.25) is 9.78 Å². The van der Waals surface area contributed by atoms with Crippen LogP contribution in [0, 0.1) is 0 Å². The van der Waals surface area contributed by atoms with Crippen LogP contribution in [-0.2, 0) is 0 Å². The van der Waals surface area contributed by atoms with Gasteiger partial charge in [0.15, 0.2) is 0 Å². The molecule has 140 valence electrons. The number of benzene rings is 1. The van der Waals surface area contributed by atoms with Crippen molar-refractivity contribution in [3.05, 3.63) is 88.9 Å². The monoisotopic (exact) mass is 370 g/mol. The number of ketones is 1. The van der Waals surface area contributed by atoms with Crippen molar-refractivity contribution in [2.45, 2.75) is 13.8 Å². The quantitative estimate of drug-likeness (QED) is 0.709. The highest BCUT2D eigenvalue weighted by molar-refractivity contribution is 6.15. The molecular formula is C24H22N2O2. The van der Waals surface area contributed by atoms with Gasteiger partial charge in [0.1, 0.15) is 11.4 Å². The van der Waals surface area contributed by atoms with Crippen molar-refractivity contribution in [3.8, 4) is 5.75 Å². The van der Waals surface area contributed by atoms with Crippen LogP contribution in [0.15, 0.2) is 72.1 Å². The van der Waals surface area contributed by atoms with Gasteiger partial charge in [0.25, 0.3) is 0 Å². The lowest BCUT2D eigenvalue weighted by molar-refractivity contribution is 0.103. The van der Waals surface area contributed by atoms with Crippen molar-refractivity contribution in [1.82, 2.24) is 4.98 Å². The van der Waals surface area contributed by atoms with Gasteiger partial charge in [-0.2, -0.15) is 0 Å². The minimum atomic E-state index is -0.0396. The van der Waals surface area contributed by atoms with E-state index < -0.39 is 0 Å². The highest BCUT2D eigenvalue weighted by Crippen LogP contribution is 2.33. The molecule has 28 heavy (non-hydrogen) atoms. The Labute approximate surface area is 165 Å². The smallest absolute Gasteiger partial charge is 0.211 e. The lowest BCUT2D eigenvalue weighted by Gasteiger charge is -2.26. The second-order valence-corrected chi connectivity index (χ2v) is 6.82. The third-order valence-corrected chi connectivity index (χ3v) is 5.01. The molecule has 2 aliphatic rings. The van der Waals surface area contributed by atoms with Gasteiger partial charge in [0.05, 0.1) is 6.61 Å². The van der Waals surface area contributed by atoms with Crippen LogP contribution in [0.4, 0.5) is 5.69 Å². The third kappa shape index (κ3) is 3.18. The first-order valence-corrected chi connectivity index (χ1v) is 9.37. The number of fused-ring (bicyclic) bond motifs is 2. The van der Waals surface area contributed by atoms with E-state index in [0.717, 1.165) is 33.8 Å². The number of rotatable bonds is 3. The molecule has 0 spiro atoms. The molecule has 2 aromatic rings. The van der Waals surface area contributed by atoms with Crippen LogP contribution < -0.4 is 9.64 Å². The minimum absolute atomic E-state index is 0.0396. The molecule has 0 N–H and O–H groups in total. The van der Waals surface area contributed by atoms with E-state index in [2.05, 4.69) is 22.0 Å². The van der Waals surface area contributed by atoms with Crippen molar-refractivity contribution in [2.24, 2.45) is 0 Å². The van der Waals surface area contributed by atoms with Crippen molar-refractivity contribution < 1.29 is 9.53 Å². The SMILES string of the molecule is CCOc1ccc2c(c1)C=C/C(=C\C=C1/C=C(C)c3cccnc3C1=O)N2C. The van der Waals surface area contributed by atoms with Crippen LogP contribution >= 0.6 is 0 Å². The molecule has 0 amide bonds. The molecule has 1 aromatic heterocycles. The van der Waals surface area contributed by atoms with E-state index in [0.29, 0.717) is 17.9 Å². The highest BCUT2D eigenvalue weighted by atomic mass is 16.5. The molecule has 4 rings (SSSR count). The Hall–Kier alpha value is -3.40. The fraction of sp³-hybridized carbons (Fsp3) is 0.167. The number of hydrogen-bond donors (Lipinski definition) is 0. The summed E-state index contributed by atoms with van der Waals surface area (Å²) in [5, 5.41) is 0. The summed E-state index contributed by atoms with van der Waals surface area (Å²) < 4.78 is 5.59. The molecule has 0 saturated carbocycles. The summed E-state index contributed by atoms with van der Waals surface area (Å²) in [5.41, 5.74) is 6.35. The Kier molecular flexibility index (Phi) is 4.70. The number of ether oxygens (including phenoxy) is 1. The predicted octanol–water partition coefficient (Wildman–Crippen LogP) is 5.05. The van der Waals surface area contributed by atoms with E-state index in [9.17, 15) is 4.79 Å². The van der Waals surface area contributed by atoms with E-state index in [1.807, 2.05) is 69.5 Å². The number of nitrogens with zero attached hydrogens (tertiary/aromatic N) is 2. The van der Waals surface area contributed by atoms with Gasteiger partial charge in [0.2, 0.25) is 5.78 Å². The van der Waals surface area contributed by atoms with Gasteiger partial charge < -0.3 is 9.64 Å². The molecule has 1 aliphatic heterocycles. The van der Waals surface area contributed by atoms with Crippen LogP contribution in [0.5, 0.6) is 5.75 Å². The summed E-state index contributed by atoms with van der Waals surface area (Å²) in [4.78, 5) is 19.1. The first-order chi connectivity index (χ1) is 13.6. The molecule has 1 aliphatic carbocycles. The number of carbonyl (C=O) groups is 1. The lowest BCUT2D eigenvalue weighted by Crippen LogP contribution is -2.18. The molecule has 4 nitrogen and oxygen atoms in total. The van der Waals surface area contributed by atoms with E-state index in [4.69, 9.17) is 4.74 Å². The largest absolute Gasteiger partial charge is 0.494 e. The zero-order valence-corrected chi connectivity index (χ0v) is 16.3.